The van der Waals surface area contributed by atoms with Crippen molar-refractivity contribution in [3.05, 3.63) is 88.9 Å². The van der Waals surface area contributed by atoms with Gasteiger partial charge in [-0.05, 0) is 67.6 Å². The average molecular weight is 548 g/mol. The molecule has 1 aromatic heterocycles. The summed E-state index contributed by atoms with van der Waals surface area (Å²) in [4.78, 5) is 29.3. The molecule has 1 N–H and O–H groups in total. The monoisotopic (exact) mass is 547 g/mol. The number of hydrogen-bond donors (Lipinski definition) is 1. The van der Waals surface area contributed by atoms with Crippen molar-refractivity contribution in [2.24, 2.45) is 0 Å². The normalized spacial score (nSPS) is 13.4. The van der Waals surface area contributed by atoms with Crippen LogP contribution in [0.4, 0.5) is 11.4 Å². The molecule has 8 nitrogen and oxygen atoms in total. The van der Waals surface area contributed by atoms with Crippen LogP contribution in [0.2, 0.25) is 5.02 Å². The first-order chi connectivity index (χ1) is 18.4. The van der Waals surface area contributed by atoms with E-state index in [4.69, 9.17) is 16.0 Å². The van der Waals surface area contributed by atoms with Crippen molar-refractivity contribution < 1.29 is 14.0 Å². The summed E-state index contributed by atoms with van der Waals surface area (Å²) >= 11 is 7.12. The Kier molecular flexibility index (Phi) is 7.95. The van der Waals surface area contributed by atoms with Crippen LogP contribution in [-0.4, -0.2) is 58.8 Å². The van der Waals surface area contributed by atoms with Crippen molar-refractivity contribution in [2.75, 3.05) is 42.1 Å². The molecule has 1 aliphatic rings. The van der Waals surface area contributed by atoms with Gasteiger partial charge in [0.15, 0.2) is 0 Å². The van der Waals surface area contributed by atoms with E-state index in [0.29, 0.717) is 40.5 Å². The molecule has 1 aliphatic heterocycles. The zero-order valence-corrected chi connectivity index (χ0v) is 22.3. The summed E-state index contributed by atoms with van der Waals surface area (Å²) in [5.41, 5.74) is 4.39. The average Bonchev–Trinajstić information content (AvgIpc) is 3.42. The molecule has 1 fully saturated rings. The van der Waals surface area contributed by atoms with Crippen LogP contribution in [0.3, 0.4) is 0 Å². The van der Waals surface area contributed by atoms with Crippen LogP contribution in [-0.2, 0) is 4.79 Å². The van der Waals surface area contributed by atoms with Gasteiger partial charge >= 0.3 is 0 Å². The third kappa shape index (κ3) is 6.35. The maximum Gasteiger partial charge on any atom is 0.277 e. The minimum absolute atomic E-state index is 0.0177. The van der Waals surface area contributed by atoms with Gasteiger partial charge in [-0.15, -0.1) is 10.2 Å². The second kappa shape index (κ2) is 11.7. The summed E-state index contributed by atoms with van der Waals surface area (Å²) in [5, 5.41) is 12.0. The molecule has 194 valence electrons. The molecule has 4 aromatic rings. The van der Waals surface area contributed by atoms with Crippen LogP contribution < -0.4 is 10.2 Å². The molecule has 2 heterocycles. The molecule has 0 spiro atoms. The van der Waals surface area contributed by atoms with E-state index >= 15 is 0 Å². The summed E-state index contributed by atoms with van der Waals surface area (Å²) in [6.07, 6.45) is 0. The van der Waals surface area contributed by atoms with Gasteiger partial charge in [-0.25, -0.2) is 0 Å². The molecule has 0 aliphatic carbocycles. The molecule has 0 bridgehead atoms. The molecule has 0 unspecified atom stereocenters. The van der Waals surface area contributed by atoms with Gasteiger partial charge in [-0.3, -0.25) is 9.59 Å². The third-order valence-corrected chi connectivity index (χ3v) is 7.28. The third-order valence-electron chi connectivity index (χ3n) is 6.21. The number of piperazine rings is 1. The lowest BCUT2D eigenvalue weighted by Crippen LogP contribution is -2.48. The quantitative estimate of drug-likeness (QED) is 0.310. The summed E-state index contributed by atoms with van der Waals surface area (Å²) in [5.74, 6) is 0.441. The number of aryl methyl sites for hydroxylation is 1. The van der Waals surface area contributed by atoms with Crippen LogP contribution in [0.1, 0.15) is 15.9 Å². The van der Waals surface area contributed by atoms with E-state index in [1.54, 1.807) is 24.3 Å². The van der Waals surface area contributed by atoms with Crippen LogP contribution in [0, 0.1) is 6.92 Å². The largest absolute Gasteiger partial charge is 0.411 e. The number of thioether (sulfide) groups is 1. The van der Waals surface area contributed by atoms with Crippen molar-refractivity contribution >= 4 is 46.6 Å². The number of hydrogen-bond acceptors (Lipinski definition) is 7. The summed E-state index contributed by atoms with van der Waals surface area (Å²) in [7, 11) is 0. The lowest BCUT2D eigenvalue weighted by Gasteiger charge is -2.36. The molecule has 5 rings (SSSR count). The number of carbonyl (C=O) groups excluding carboxylic acids is 2. The van der Waals surface area contributed by atoms with Gasteiger partial charge in [0.25, 0.3) is 11.1 Å². The number of carbonyl (C=O) groups is 2. The Labute approximate surface area is 230 Å². The van der Waals surface area contributed by atoms with Crippen LogP contribution in [0.5, 0.6) is 0 Å². The summed E-state index contributed by atoms with van der Waals surface area (Å²) < 4.78 is 5.67. The van der Waals surface area contributed by atoms with E-state index < -0.39 is 0 Å². The minimum Gasteiger partial charge on any atom is -0.411 e. The second-order valence-electron chi connectivity index (χ2n) is 8.91. The maximum atomic E-state index is 12.7. The van der Waals surface area contributed by atoms with Gasteiger partial charge in [0, 0.05) is 53.7 Å². The first-order valence-corrected chi connectivity index (χ1v) is 13.5. The van der Waals surface area contributed by atoms with Gasteiger partial charge in [0.1, 0.15) is 0 Å². The Hall–Kier alpha value is -3.82. The van der Waals surface area contributed by atoms with Gasteiger partial charge in [0.2, 0.25) is 11.8 Å². The lowest BCUT2D eigenvalue weighted by molar-refractivity contribution is -0.113. The van der Waals surface area contributed by atoms with Crippen LogP contribution in [0.15, 0.2) is 82.4 Å². The number of anilines is 2. The van der Waals surface area contributed by atoms with Crippen molar-refractivity contribution in [1.29, 1.82) is 0 Å². The number of halogens is 1. The fourth-order valence-corrected chi connectivity index (χ4v) is 4.79. The van der Waals surface area contributed by atoms with Gasteiger partial charge in [-0.2, -0.15) is 0 Å². The van der Waals surface area contributed by atoms with E-state index in [1.165, 1.54) is 11.8 Å². The van der Waals surface area contributed by atoms with Gasteiger partial charge < -0.3 is 19.5 Å². The first kappa shape index (κ1) is 25.8. The molecule has 0 radical (unpaired) electrons. The number of aromatic nitrogens is 2. The maximum absolute atomic E-state index is 12.7. The topological polar surface area (TPSA) is 91.6 Å². The standard InChI is InChI=1S/C28H26ClN5O3S/c1-19-2-4-20(5-3-19)26-31-32-28(37-26)38-18-25(35)30-23-10-12-24(13-11-23)33-14-16-34(17-15-33)27(36)21-6-8-22(29)9-7-21/h2-13H,14-18H2,1H3,(H,30,35). The van der Waals surface area contributed by atoms with Crippen LogP contribution >= 0.6 is 23.4 Å². The Morgan fingerprint density at radius 1 is 0.921 bits per heavy atom. The van der Waals surface area contributed by atoms with E-state index in [2.05, 4.69) is 20.4 Å². The Morgan fingerprint density at radius 2 is 1.61 bits per heavy atom. The smallest absolute Gasteiger partial charge is 0.277 e. The highest BCUT2D eigenvalue weighted by molar-refractivity contribution is 7.99. The first-order valence-electron chi connectivity index (χ1n) is 12.2. The number of nitrogens with one attached hydrogen (secondary N) is 1. The van der Waals surface area contributed by atoms with E-state index in [1.807, 2.05) is 60.4 Å². The Balaban J connectivity index is 1.08. The van der Waals surface area contributed by atoms with Gasteiger partial charge in [0.05, 0.1) is 5.75 Å². The summed E-state index contributed by atoms with van der Waals surface area (Å²) in [6, 6.07) is 22.5. The lowest BCUT2D eigenvalue weighted by atomic mass is 10.1. The molecule has 0 saturated carbocycles. The number of rotatable bonds is 7. The van der Waals surface area contributed by atoms with Crippen LogP contribution in [0.25, 0.3) is 11.5 Å². The minimum atomic E-state index is -0.160. The van der Waals surface area contributed by atoms with E-state index in [-0.39, 0.29) is 17.6 Å². The molecule has 2 amide bonds. The highest BCUT2D eigenvalue weighted by Gasteiger charge is 2.22. The molecular weight excluding hydrogens is 522 g/mol. The predicted octanol–water partition coefficient (Wildman–Crippen LogP) is 5.39. The number of nitrogens with zero attached hydrogens (tertiary/aromatic N) is 4. The molecule has 38 heavy (non-hydrogen) atoms. The highest BCUT2D eigenvalue weighted by atomic mass is 35.5. The fourth-order valence-electron chi connectivity index (χ4n) is 4.10. The zero-order valence-electron chi connectivity index (χ0n) is 20.8. The van der Waals surface area contributed by atoms with Gasteiger partial charge in [-0.1, -0.05) is 41.1 Å². The zero-order chi connectivity index (χ0) is 26.5. The number of amides is 2. The second-order valence-corrected chi connectivity index (χ2v) is 10.3. The van der Waals surface area contributed by atoms with Crippen molar-refractivity contribution in [2.45, 2.75) is 12.1 Å². The SMILES string of the molecule is Cc1ccc(-c2nnc(SCC(=O)Nc3ccc(N4CCN(C(=O)c5ccc(Cl)cc5)CC4)cc3)o2)cc1. The predicted molar refractivity (Wildman–Crippen MR) is 150 cm³/mol. The molecule has 3 aromatic carbocycles. The van der Waals surface area contributed by atoms with Crippen molar-refractivity contribution in [3.63, 3.8) is 0 Å². The molecule has 0 atom stereocenters. The Morgan fingerprint density at radius 3 is 2.29 bits per heavy atom. The van der Waals surface area contributed by atoms with E-state index in [0.717, 1.165) is 29.9 Å². The fraction of sp³-hybridized carbons (Fsp3) is 0.214. The van der Waals surface area contributed by atoms with Crippen molar-refractivity contribution in [3.8, 4) is 11.5 Å². The molecule has 10 heteroatoms. The molecule has 1 saturated heterocycles. The van der Waals surface area contributed by atoms with Crippen molar-refractivity contribution in [1.82, 2.24) is 15.1 Å². The molecular formula is C28H26ClN5O3S. The Bertz CT molecular complexity index is 1400. The van der Waals surface area contributed by atoms with E-state index in [9.17, 15) is 9.59 Å². The summed E-state index contributed by atoms with van der Waals surface area (Å²) in [6.45, 7) is 4.75. The highest BCUT2D eigenvalue weighted by Crippen LogP contribution is 2.24. The number of benzene rings is 3.